The van der Waals surface area contributed by atoms with Crippen molar-refractivity contribution in [3.8, 4) is 33.9 Å². The number of hydrogen-bond donors (Lipinski definition) is 3. The molecule has 0 radical (unpaired) electrons. The summed E-state index contributed by atoms with van der Waals surface area (Å²) in [6, 6.07) is 19.5. The summed E-state index contributed by atoms with van der Waals surface area (Å²) in [5.41, 5.74) is 3.92. The van der Waals surface area contributed by atoms with Crippen molar-refractivity contribution in [2.24, 2.45) is 0 Å². The van der Waals surface area contributed by atoms with Gasteiger partial charge >= 0.3 is 5.97 Å². The Kier molecular flexibility index (Phi) is 7.64. The van der Waals surface area contributed by atoms with Crippen molar-refractivity contribution in [1.29, 1.82) is 0 Å². The Balaban J connectivity index is 1.78. The van der Waals surface area contributed by atoms with Crippen molar-refractivity contribution in [3.05, 3.63) is 84.9 Å². The average molecular weight is 476 g/mol. The van der Waals surface area contributed by atoms with Crippen LogP contribution in [0.1, 0.15) is 19.3 Å². The molecular formula is C27H26FN3O4. The number of benzene rings is 2. The van der Waals surface area contributed by atoms with Crippen molar-refractivity contribution in [2.45, 2.75) is 38.0 Å². The molecule has 2 aromatic heterocycles. The maximum atomic E-state index is 13.7. The summed E-state index contributed by atoms with van der Waals surface area (Å²) in [6.07, 6.45) is 1.09. The number of imidazole rings is 1. The van der Waals surface area contributed by atoms with Crippen LogP contribution in [0, 0.1) is 5.82 Å². The van der Waals surface area contributed by atoms with Crippen LogP contribution in [0.3, 0.4) is 0 Å². The first-order valence-corrected chi connectivity index (χ1v) is 11.3. The average Bonchev–Trinajstić information content (AvgIpc) is 3.23. The monoisotopic (exact) mass is 475 g/mol. The second kappa shape index (κ2) is 11.0. The fraction of sp³-hybridized carbons (Fsp3) is 0.222. The molecule has 0 aliphatic rings. The lowest BCUT2D eigenvalue weighted by atomic mass is 10.0. The minimum absolute atomic E-state index is 0.0508. The van der Waals surface area contributed by atoms with Gasteiger partial charge in [0.15, 0.2) is 0 Å². The first-order valence-electron chi connectivity index (χ1n) is 11.3. The number of halogens is 1. The van der Waals surface area contributed by atoms with Gasteiger partial charge in [0, 0.05) is 35.6 Å². The number of carboxylic acid groups (broad SMARTS) is 1. The molecule has 3 N–H and O–H groups in total. The SMILES string of the molecule is O=C(O)C[C@H](O)C[C@H](O)CCn1c(-c2ccccc2)nc(-c2ccncc2)c1-c1ccc(F)cc1. The molecule has 0 aliphatic carbocycles. The van der Waals surface area contributed by atoms with Gasteiger partial charge in [-0.25, -0.2) is 9.37 Å². The van der Waals surface area contributed by atoms with Gasteiger partial charge in [0.1, 0.15) is 11.6 Å². The number of aromatic nitrogens is 3. The minimum Gasteiger partial charge on any atom is -0.481 e. The fourth-order valence-corrected chi connectivity index (χ4v) is 4.08. The van der Waals surface area contributed by atoms with E-state index in [4.69, 9.17) is 10.1 Å². The predicted octanol–water partition coefficient (Wildman–Crippen LogP) is 4.39. The maximum absolute atomic E-state index is 13.7. The zero-order valence-corrected chi connectivity index (χ0v) is 19.0. The molecule has 2 aromatic carbocycles. The first-order chi connectivity index (χ1) is 16.9. The Hall–Kier alpha value is -3.88. The standard InChI is InChI=1S/C27H26FN3O4/c28-21-8-6-19(7-9-21)26-25(18-10-13-29-14-11-18)30-27(20-4-2-1-3-5-20)31(26)15-12-22(32)16-23(33)17-24(34)35/h1-11,13-14,22-23,32-33H,12,15-17H2,(H,34,35)/t22-,23-/m1/s1. The Labute approximate surface area is 202 Å². The van der Waals surface area contributed by atoms with Gasteiger partial charge in [-0.1, -0.05) is 30.3 Å². The molecule has 0 saturated heterocycles. The Morgan fingerprint density at radius 3 is 2.23 bits per heavy atom. The fourth-order valence-electron chi connectivity index (χ4n) is 4.08. The van der Waals surface area contributed by atoms with Crippen molar-refractivity contribution < 1.29 is 24.5 Å². The van der Waals surface area contributed by atoms with E-state index in [1.807, 2.05) is 47.0 Å². The van der Waals surface area contributed by atoms with E-state index in [9.17, 15) is 19.4 Å². The number of rotatable bonds is 10. The van der Waals surface area contributed by atoms with Crippen LogP contribution < -0.4 is 0 Å². The van der Waals surface area contributed by atoms with Crippen LogP contribution >= 0.6 is 0 Å². The summed E-state index contributed by atoms with van der Waals surface area (Å²) < 4.78 is 15.7. The van der Waals surface area contributed by atoms with Crippen LogP contribution in [0.4, 0.5) is 4.39 Å². The normalized spacial score (nSPS) is 12.9. The molecule has 7 nitrogen and oxygen atoms in total. The summed E-state index contributed by atoms with van der Waals surface area (Å²) in [6.45, 7) is 0.343. The third-order valence-corrected chi connectivity index (χ3v) is 5.71. The van der Waals surface area contributed by atoms with E-state index in [0.29, 0.717) is 18.1 Å². The number of nitrogens with zero attached hydrogens (tertiary/aromatic N) is 3. The number of hydrogen-bond acceptors (Lipinski definition) is 5. The highest BCUT2D eigenvalue weighted by molar-refractivity contribution is 5.82. The molecule has 2 atom stereocenters. The number of aliphatic hydroxyl groups is 2. The molecule has 2 heterocycles. The van der Waals surface area contributed by atoms with Gasteiger partial charge < -0.3 is 19.9 Å². The van der Waals surface area contributed by atoms with Crippen molar-refractivity contribution in [1.82, 2.24) is 14.5 Å². The molecule has 4 rings (SSSR count). The van der Waals surface area contributed by atoms with Crippen LogP contribution in [0.5, 0.6) is 0 Å². The molecule has 0 spiro atoms. The van der Waals surface area contributed by atoms with Crippen LogP contribution in [-0.4, -0.2) is 48.0 Å². The highest BCUT2D eigenvalue weighted by atomic mass is 19.1. The number of carboxylic acids is 1. The van der Waals surface area contributed by atoms with Crippen molar-refractivity contribution in [2.75, 3.05) is 0 Å². The lowest BCUT2D eigenvalue weighted by molar-refractivity contribution is -0.139. The van der Waals surface area contributed by atoms with E-state index in [2.05, 4.69) is 4.98 Å². The summed E-state index contributed by atoms with van der Waals surface area (Å²) in [7, 11) is 0. The third kappa shape index (κ3) is 5.98. The van der Waals surface area contributed by atoms with E-state index in [1.165, 1.54) is 12.1 Å². The molecule has 0 fully saturated rings. The smallest absolute Gasteiger partial charge is 0.305 e. The lowest BCUT2D eigenvalue weighted by Gasteiger charge is -2.18. The topological polar surface area (TPSA) is 108 Å². The molecule has 4 aromatic rings. The lowest BCUT2D eigenvalue weighted by Crippen LogP contribution is -2.22. The summed E-state index contributed by atoms with van der Waals surface area (Å²) >= 11 is 0. The zero-order chi connectivity index (χ0) is 24.8. The molecule has 0 aliphatic heterocycles. The predicted molar refractivity (Wildman–Crippen MR) is 130 cm³/mol. The van der Waals surface area contributed by atoms with Crippen LogP contribution in [0.15, 0.2) is 79.1 Å². The van der Waals surface area contributed by atoms with Gasteiger partial charge in [-0.15, -0.1) is 0 Å². The molecule has 0 amide bonds. The quantitative estimate of drug-likeness (QED) is 0.314. The van der Waals surface area contributed by atoms with E-state index < -0.39 is 24.6 Å². The molecule has 0 unspecified atom stereocenters. The van der Waals surface area contributed by atoms with Gasteiger partial charge in [0.2, 0.25) is 0 Å². The largest absolute Gasteiger partial charge is 0.481 e. The number of pyridine rings is 1. The minimum atomic E-state index is -1.14. The van der Waals surface area contributed by atoms with Crippen LogP contribution in [-0.2, 0) is 11.3 Å². The summed E-state index contributed by atoms with van der Waals surface area (Å²) in [5.74, 6) is -0.794. The van der Waals surface area contributed by atoms with Crippen LogP contribution in [0.25, 0.3) is 33.9 Å². The molecular weight excluding hydrogens is 449 g/mol. The van der Waals surface area contributed by atoms with Crippen molar-refractivity contribution >= 4 is 5.97 Å². The molecule has 180 valence electrons. The molecule has 8 heteroatoms. The zero-order valence-electron chi connectivity index (χ0n) is 19.0. The van der Waals surface area contributed by atoms with Gasteiger partial charge in [-0.3, -0.25) is 9.78 Å². The first kappa shape index (κ1) is 24.3. The Bertz CT molecular complexity index is 1260. The molecule has 0 bridgehead atoms. The van der Waals surface area contributed by atoms with E-state index in [0.717, 1.165) is 22.4 Å². The third-order valence-electron chi connectivity index (χ3n) is 5.71. The van der Waals surface area contributed by atoms with Gasteiger partial charge in [0.05, 0.1) is 30.0 Å². The van der Waals surface area contributed by atoms with Crippen molar-refractivity contribution in [3.63, 3.8) is 0 Å². The molecule has 35 heavy (non-hydrogen) atoms. The van der Waals surface area contributed by atoms with E-state index in [-0.39, 0.29) is 18.7 Å². The second-order valence-corrected chi connectivity index (χ2v) is 8.32. The molecule has 0 saturated carbocycles. The van der Waals surface area contributed by atoms with E-state index >= 15 is 0 Å². The number of carbonyl (C=O) groups is 1. The number of aliphatic carboxylic acids is 1. The van der Waals surface area contributed by atoms with Gasteiger partial charge in [0.25, 0.3) is 0 Å². The second-order valence-electron chi connectivity index (χ2n) is 8.32. The maximum Gasteiger partial charge on any atom is 0.305 e. The Morgan fingerprint density at radius 1 is 0.886 bits per heavy atom. The van der Waals surface area contributed by atoms with Gasteiger partial charge in [-0.05, 0) is 49.2 Å². The number of aliphatic hydroxyl groups excluding tert-OH is 2. The highest BCUT2D eigenvalue weighted by Gasteiger charge is 2.22. The summed E-state index contributed by atoms with van der Waals surface area (Å²) in [4.78, 5) is 19.9. The highest BCUT2D eigenvalue weighted by Crippen LogP contribution is 2.36. The van der Waals surface area contributed by atoms with Crippen LogP contribution in [0.2, 0.25) is 0 Å². The summed E-state index contributed by atoms with van der Waals surface area (Å²) in [5, 5.41) is 29.3. The Morgan fingerprint density at radius 2 is 1.57 bits per heavy atom. The van der Waals surface area contributed by atoms with Gasteiger partial charge in [-0.2, -0.15) is 0 Å². The van der Waals surface area contributed by atoms with E-state index in [1.54, 1.807) is 24.5 Å².